The van der Waals surface area contributed by atoms with Crippen molar-refractivity contribution < 1.29 is 0 Å². The first-order valence-electron chi connectivity index (χ1n) is 5.47. The lowest BCUT2D eigenvalue weighted by atomic mass is 10.2. The molecule has 0 spiro atoms. The predicted octanol–water partition coefficient (Wildman–Crippen LogP) is 2.28. The predicted molar refractivity (Wildman–Crippen MR) is 73.4 cm³/mol. The van der Waals surface area contributed by atoms with E-state index in [-0.39, 0.29) is 0 Å². The molecule has 0 bridgehead atoms. The van der Waals surface area contributed by atoms with Gasteiger partial charge in [0.05, 0.1) is 33.8 Å². The number of fused-ring (bicyclic) bond motifs is 1. The third-order valence-electron chi connectivity index (χ3n) is 2.63. The zero-order valence-corrected chi connectivity index (χ0v) is 10.3. The molecule has 18 heavy (non-hydrogen) atoms. The summed E-state index contributed by atoms with van der Waals surface area (Å²) in [4.78, 5) is 4.26. The summed E-state index contributed by atoms with van der Waals surface area (Å²) >= 11 is 1.58. The molecule has 0 fully saturated rings. The van der Waals surface area contributed by atoms with E-state index in [9.17, 15) is 0 Å². The quantitative estimate of drug-likeness (QED) is 0.704. The van der Waals surface area contributed by atoms with E-state index >= 15 is 0 Å². The zero-order valence-electron chi connectivity index (χ0n) is 9.50. The summed E-state index contributed by atoms with van der Waals surface area (Å²) in [6.45, 7) is 0.591. The lowest BCUT2D eigenvalue weighted by Gasteiger charge is -2.08. The molecule has 1 aromatic carbocycles. The lowest BCUT2D eigenvalue weighted by Crippen LogP contribution is -2.04. The largest absolute Gasteiger partial charge is 0.395 e. The van der Waals surface area contributed by atoms with E-state index in [1.54, 1.807) is 23.0 Å². The van der Waals surface area contributed by atoms with Crippen molar-refractivity contribution in [2.24, 2.45) is 0 Å². The number of rotatable bonds is 3. The molecule has 90 valence electrons. The molecule has 3 rings (SSSR count). The Morgan fingerprint density at radius 1 is 1.28 bits per heavy atom. The molecule has 0 saturated carbocycles. The molecule has 5 nitrogen and oxygen atoms in total. The average molecular weight is 257 g/mol. The van der Waals surface area contributed by atoms with Gasteiger partial charge in [0, 0.05) is 6.20 Å². The summed E-state index contributed by atoms with van der Waals surface area (Å²) in [5.41, 5.74) is 11.1. The van der Waals surface area contributed by atoms with Gasteiger partial charge in [-0.15, -0.1) is 11.3 Å². The molecule has 2 heterocycles. The van der Waals surface area contributed by atoms with E-state index in [4.69, 9.17) is 5.73 Å². The Bertz CT molecular complexity index is 665. The van der Waals surface area contributed by atoms with Crippen molar-refractivity contribution in [2.45, 2.75) is 6.54 Å². The second kappa shape index (κ2) is 4.58. The topological polar surface area (TPSA) is 76.7 Å². The molecule has 6 heteroatoms. The number of nitrogens with one attached hydrogen (secondary N) is 1. The van der Waals surface area contributed by atoms with E-state index in [1.165, 1.54) is 0 Å². The monoisotopic (exact) mass is 257 g/mol. The molecule has 0 saturated heterocycles. The van der Waals surface area contributed by atoms with Crippen LogP contribution in [0.1, 0.15) is 5.69 Å². The van der Waals surface area contributed by atoms with Crippen molar-refractivity contribution >= 4 is 32.9 Å². The van der Waals surface area contributed by atoms with Gasteiger partial charge in [0.2, 0.25) is 0 Å². The van der Waals surface area contributed by atoms with E-state index in [0.717, 1.165) is 21.6 Å². The fourth-order valence-corrected chi connectivity index (χ4v) is 2.41. The average Bonchev–Trinajstić information content (AvgIpc) is 2.88. The van der Waals surface area contributed by atoms with Gasteiger partial charge in [0.1, 0.15) is 5.52 Å². The molecule has 0 aliphatic rings. The molecule has 3 N–H and O–H groups in total. The molecule has 2 aromatic heterocycles. The molecular formula is C12H11N5S. The maximum atomic E-state index is 6.07. The number of anilines is 2. The van der Waals surface area contributed by atoms with Crippen LogP contribution in [0, 0.1) is 0 Å². The zero-order chi connectivity index (χ0) is 12.4. The van der Waals surface area contributed by atoms with Crippen LogP contribution in [0.4, 0.5) is 11.4 Å². The van der Waals surface area contributed by atoms with Gasteiger partial charge in [-0.3, -0.25) is 0 Å². The van der Waals surface area contributed by atoms with Gasteiger partial charge in [-0.2, -0.15) is 10.2 Å². The van der Waals surface area contributed by atoms with Crippen LogP contribution in [0.15, 0.2) is 36.0 Å². The normalized spacial score (nSPS) is 10.7. The van der Waals surface area contributed by atoms with Crippen molar-refractivity contribution in [3.63, 3.8) is 0 Å². The van der Waals surface area contributed by atoms with Crippen LogP contribution in [0.5, 0.6) is 0 Å². The first kappa shape index (κ1) is 10.9. The minimum Gasteiger partial charge on any atom is -0.395 e. The van der Waals surface area contributed by atoms with Crippen molar-refractivity contribution in [3.8, 4) is 0 Å². The highest BCUT2D eigenvalue weighted by atomic mass is 32.1. The third-order valence-corrected chi connectivity index (χ3v) is 3.42. The third kappa shape index (κ3) is 1.98. The second-order valence-corrected chi connectivity index (χ2v) is 4.68. The Morgan fingerprint density at radius 2 is 2.22 bits per heavy atom. The number of nitrogen functional groups attached to an aromatic ring is 1. The number of hydrogen-bond donors (Lipinski definition) is 2. The van der Waals surface area contributed by atoms with Crippen molar-refractivity contribution in [3.05, 3.63) is 41.7 Å². The van der Waals surface area contributed by atoms with Crippen LogP contribution in [0.25, 0.3) is 10.2 Å². The lowest BCUT2D eigenvalue weighted by molar-refractivity contribution is 0.925. The molecule has 3 aromatic rings. The molecule has 0 aliphatic heterocycles. The van der Waals surface area contributed by atoms with Gasteiger partial charge in [-0.1, -0.05) is 0 Å². The summed E-state index contributed by atoms with van der Waals surface area (Å²) in [6, 6.07) is 7.75. The Labute approximate surface area is 108 Å². The molecule has 0 unspecified atom stereocenters. The minimum absolute atomic E-state index is 0.591. The standard InChI is InChI=1S/C12H11N5S/c13-11-9(3-4-10-12(11)15-7-18-10)14-6-8-2-1-5-16-17-8/h1-5,7,14H,6,13H2. The molecule has 0 amide bonds. The summed E-state index contributed by atoms with van der Waals surface area (Å²) in [6.07, 6.45) is 1.65. The Hall–Kier alpha value is -2.21. The Kier molecular flexibility index (Phi) is 2.77. The van der Waals surface area contributed by atoms with E-state index in [0.29, 0.717) is 12.2 Å². The van der Waals surface area contributed by atoms with Crippen molar-refractivity contribution in [2.75, 3.05) is 11.1 Å². The SMILES string of the molecule is Nc1c(NCc2cccnn2)ccc2scnc12. The van der Waals surface area contributed by atoms with Crippen LogP contribution in [0.2, 0.25) is 0 Å². The van der Waals surface area contributed by atoms with Gasteiger partial charge >= 0.3 is 0 Å². The van der Waals surface area contributed by atoms with Gasteiger partial charge in [-0.25, -0.2) is 4.98 Å². The first-order valence-corrected chi connectivity index (χ1v) is 6.34. The van der Waals surface area contributed by atoms with Gasteiger partial charge in [0.15, 0.2) is 0 Å². The number of nitrogens with zero attached hydrogens (tertiary/aromatic N) is 3. The fourth-order valence-electron chi connectivity index (χ4n) is 1.72. The number of nitrogens with two attached hydrogens (primary N) is 1. The maximum absolute atomic E-state index is 6.07. The summed E-state index contributed by atoms with van der Waals surface area (Å²) in [5.74, 6) is 0. The van der Waals surface area contributed by atoms with E-state index in [2.05, 4.69) is 20.5 Å². The summed E-state index contributed by atoms with van der Waals surface area (Å²) < 4.78 is 1.09. The molecular weight excluding hydrogens is 246 g/mol. The summed E-state index contributed by atoms with van der Waals surface area (Å²) in [7, 11) is 0. The number of thiazole rings is 1. The highest BCUT2D eigenvalue weighted by Crippen LogP contribution is 2.30. The van der Waals surface area contributed by atoms with E-state index in [1.807, 2.05) is 24.3 Å². The smallest absolute Gasteiger partial charge is 0.106 e. The van der Waals surface area contributed by atoms with Crippen LogP contribution in [-0.2, 0) is 6.54 Å². The Balaban J connectivity index is 1.84. The summed E-state index contributed by atoms with van der Waals surface area (Å²) in [5, 5.41) is 11.1. The number of benzene rings is 1. The fraction of sp³-hybridized carbons (Fsp3) is 0.0833. The van der Waals surface area contributed by atoms with Crippen LogP contribution in [-0.4, -0.2) is 15.2 Å². The molecule has 0 radical (unpaired) electrons. The van der Waals surface area contributed by atoms with E-state index < -0.39 is 0 Å². The van der Waals surface area contributed by atoms with Gasteiger partial charge in [-0.05, 0) is 24.3 Å². The van der Waals surface area contributed by atoms with Crippen molar-refractivity contribution in [1.82, 2.24) is 15.2 Å². The molecule has 0 aliphatic carbocycles. The maximum Gasteiger partial charge on any atom is 0.106 e. The second-order valence-electron chi connectivity index (χ2n) is 3.79. The number of aromatic nitrogens is 3. The van der Waals surface area contributed by atoms with Crippen LogP contribution in [0.3, 0.4) is 0 Å². The highest BCUT2D eigenvalue weighted by Gasteiger charge is 2.06. The van der Waals surface area contributed by atoms with Crippen LogP contribution < -0.4 is 11.1 Å². The van der Waals surface area contributed by atoms with Crippen LogP contribution >= 0.6 is 11.3 Å². The highest BCUT2D eigenvalue weighted by molar-refractivity contribution is 7.16. The molecule has 0 atom stereocenters. The Morgan fingerprint density at radius 3 is 3.06 bits per heavy atom. The number of hydrogen-bond acceptors (Lipinski definition) is 6. The minimum atomic E-state index is 0.591. The van der Waals surface area contributed by atoms with Gasteiger partial charge in [0.25, 0.3) is 0 Å². The first-order chi connectivity index (χ1) is 8.84. The van der Waals surface area contributed by atoms with Crippen molar-refractivity contribution in [1.29, 1.82) is 0 Å². The van der Waals surface area contributed by atoms with Gasteiger partial charge < -0.3 is 11.1 Å².